The van der Waals surface area contributed by atoms with Crippen LogP contribution >= 0.6 is 0 Å². The van der Waals surface area contributed by atoms with Gasteiger partial charge in [-0.1, -0.05) is 12.1 Å². The third-order valence-corrected chi connectivity index (χ3v) is 4.39. The van der Waals surface area contributed by atoms with Crippen molar-refractivity contribution in [1.29, 1.82) is 0 Å². The minimum absolute atomic E-state index is 0.0353. The molecule has 0 saturated heterocycles. The zero-order valence-electron chi connectivity index (χ0n) is 12.5. The molecule has 2 aromatic carbocycles. The molecule has 0 unspecified atom stereocenters. The zero-order chi connectivity index (χ0) is 18.7. The number of anilines is 2. The lowest BCUT2D eigenvalue weighted by Gasteiger charge is -2.12. The van der Waals surface area contributed by atoms with Gasteiger partial charge in [-0.15, -0.1) is 0 Å². The number of benzene rings is 2. The summed E-state index contributed by atoms with van der Waals surface area (Å²) >= 11 is 0. The van der Waals surface area contributed by atoms with Crippen LogP contribution in [0.2, 0.25) is 0 Å². The second kappa shape index (κ2) is 7.11. The summed E-state index contributed by atoms with van der Waals surface area (Å²) in [5, 5.41) is 11.0. The number of sulfonamides is 1. The molecule has 0 spiro atoms. The molecule has 0 aliphatic rings. The predicted molar refractivity (Wildman–Crippen MR) is 84.4 cm³/mol. The summed E-state index contributed by atoms with van der Waals surface area (Å²) < 4.78 is 64.8. The highest BCUT2D eigenvalue weighted by molar-refractivity contribution is 7.92. The van der Waals surface area contributed by atoms with Gasteiger partial charge in [-0.25, -0.2) is 8.42 Å². The van der Waals surface area contributed by atoms with E-state index in [4.69, 9.17) is 5.11 Å². The summed E-state index contributed by atoms with van der Waals surface area (Å²) in [6, 6.07) is 8.83. The molecule has 0 atom stereocenters. The van der Waals surface area contributed by atoms with Gasteiger partial charge in [-0.3, -0.25) is 9.52 Å². The molecular weight excluding hydrogens is 361 g/mol. The molecule has 0 aliphatic carbocycles. The summed E-state index contributed by atoms with van der Waals surface area (Å²) in [5.74, 6) is -0.696. The molecule has 0 fully saturated rings. The third-order valence-electron chi connectivity index (χ3n) is 3.01. The summed E-state index contributed by atoms with van der Waals surface area (Å²) in [5.41, 5.74) is -0.837. The Kier molecular flexibility index (Phi) is 5.33. The van der Waals surface area contributed by atoms with Crippen molar-refractivity contribution in [3.63, 3.8) is 0 Å². The van der Waals surface area contributed by atoms with E-state index in [1.54, 1.807) is 0 Å². The quantitative estimate of drug-likeness (QED) is 0.749. The number of amides is 1. The van der Waals surface area contributed by atoms with Crippen LogP contribution in [0.5, 0.6) is 0 Å². The van der Waals surface area contributed by atoms with Crippen molar-refractivity contribution >= 4 is 27.3 Å². The maximum atomic E-state index is 12.7. The summed E-state index contributed by atoms with van der Waals surface area (Å²) in [6.45, 7) is -0.750. The fourth-order valence-corrected chi connectivity index (χ4v) is 3.01. The number of hydrogen-bond donors (Lipinski definition) is 3. The molecule has 3 N–H and O–H groups in total. The Bertz CT molecular complexity index is 882. The van der Waals surface area contributed by atoms with Crippen LogP contribution in [0.4, 0.5) is 24.5 Å². The van der Waals surface area contributed by atoms with Crippen LogP contribution in [-0.2, 0) is 21.0 Å². The molecule has 2 aromatic rings. The fourth-order valence-electron chi connectivity index (χ4n) is 1.91. The first-order chi connectivity index (χ1) is 11.6. The lowest BCUT2D eigenvalue weighted by Crippen LogP contribution is -2.16. The number of aliphatic hydroxyl groups is 1. The van der Waals surface area contributed by atoms with Crippen LogP contribution in [0.25, 0.3) is 0 Å². The van der Waals surface area contributed by atoms with Crippen LogP contribution in [0.3, 0.4) is 0 Å². The molecule has 2 rings (SSSR count). The Labute approximate surface area is 141 Å². The second-order valence-corrected chi connectivity index (χ2v) is 6.60. The van der Waals surface area contributed by atoms with Gasteiger partial charge in [-0.05, 0) is 36.4 Å². The van der Waals surface area contributed by atoms with Crippen LogP contribution in [0.15, 0.2) is 53.4 Å². The van der Waals surface area contributed by atoms with Gasteiger partial charge in [0.15, 0.2) is 0 Å². The number of hydrogen-bond acceptors (Lipinski definition) is 4. The first-order valence-electron chi connectivity index (χ1n) is 6.83. The van der Waals surface area contributed by atoms with Crippen molar-refractivity contribution < 1.29 is 31.5 Å². The molecule has 10 heteroatoms. The zero-order valence-corrected chi connectivity index (χ0v) is 13.4. The highest BCUT2D eigenvalue weighted by Crippen LogP contribution is 2.31. The topological polar surface area (TPSA) is 95.5 Å². The minimum atomic E-state index is -4.67. The molecule has 25 heavy (non-hydrogen) atoms. The van der Waals surface area contributed by atoms with E-state index in [0.717, 1.165) is 18.2 Å². The molecule has 0 aliphatic heterocycles. The maximum Gasteiger partial charge on any atom is 0.416 e. The van der Waals surface area contributed by atoms with Crippen LogP contribution in [-0.4, -0.2) is 26.0 Å². The van der Waals surface area contributed by atoms with Gasteiger partial charge >= 0.3 is 6.18 Å². The van der Waals surface area contributed by atoms with Gasteiger partial charge in [0.25, 0.3) is 10.0 Å². The molecule has 0 bridgehead atoms. The van der Waals surface area contributed by atoms with E-state index >= 15 is 0 Å². The normalized spacial score (nSPS) is 11.8. The van der Waals surface area contributed by atoms with Crippen molar-refractivity contribution in [3.8, 4) is 0 Å². The van der Waals surface area contributed by atoms with E-state index < -0.39 is 39.2 Å². The van der Waals surface area contributed by atoms with E-state index in [-0.39, 0.29) is 11.4 Å². The minimum Gasteiger partial charge on any atom is -0.387 e. The van der Waals surface area contributed by atoms with E-state index in [1.807, 2.05) is 0 Å². The van der Waals surface area contributed by atoms with Crippen molar-refractivity contribution in [2.75, 3.05) is 16.6 Å². The molecular formula is C15H13F3N2O4S. The van der Waals surface area contributed by atoms with Gasteiger partial charge in [0, 0.05) is 5.69 Å². The number of carbonyl (C=O) groups excluding carboxylic acids is 1. The average Bonchev–Trinajstić information content (AvgIpc) is 2.54. The fraction of sp³-hybridized carbons (Fsp3) is 0.133. The Morgan fingerprint density at radius 1 is 1.04 bits per heavy atom. The van der Waals surface area contributed by atoms with Gasteiger partial charge < -0.3 is 10.4 Å². The van der Waals surface area contributed by atoms with Crippen molar-refractivity contribution in [1.82, 2.24) is 0 Å². The third kappa shape index (κ3) is 4.94. The largest absolute Gasteiger partial charge is 0.416 e. The highest BCUT2D eigenvalue weighted by Gasteiger charge is 2.31. The van der Waals surface area contributed by atoms with Crippen molar-refractivity contribution in [3.05, 3.63) is 54.1 Å². The number of aliphatic hydroxyl groups excluding tert-OH is 1. The van der Waals surface area contributed by atoms with Gasteiger partial charge in [0.1, 0.15) is 6.61 Å². The first-order valence-corrected chi connectivity index (χ1v) is 8.31. The van der Waals surface area contributed by atoms with Gasteiger partial charge in [0.2, 0.25) is 5.91 Å². The summed E-state index contributed by atoms with van der Waals surface area (Å²) in [6.07, 6.45) is -4.67. The molecule has 0 saturated carbocycles. The Morgan fingerprint density at radius 2 is 1.68 bits per heavy atom. The Hall–Kier alpha value is -2.59. The van der Waals surface area contributed by atoms with E-state index in [2.05, 4.69) is 10.0 Å². The summed E-state index contributed by atoms with van der Waals surface area (Å²) in [4.78, 5) is 10.6. The van der Waals surface area contributed by atoms with Crippen molar-refractivity contribution in [2.24, 2.45) is 0 Å². The van der Waals surface area contributed by atoms with Gasteiger partial charge in [0.05, 0.1) is 16.1 Å². The smallest absolute Gasteiger partial charge is 0.387 e. The molecule has 1 amide bonds. The van der Waals surface area contributed by atoms with E-state index in [0.29, 0.717) is 6.07 Å². The molecule has 0 aromatic heterocycles. The van der Waals surface area contributed by atoms with Crippen molar-refractivity contribution in [2.45, 2.75) is 11.1 Å². The van der Waals surface area contributed by atoms with Crippen LogP contribution in [0, 0.1) is 0 Å². The standard InChI is InChI=1S/C15H13F3N2O4S/c16-15(17,18)10-3-1-6-13(7-10)25(23,24)20-12-5-2-4-11(8-12)19-14(22)9-21/h1-8,20-21H,9H2,(H,19,22). The van der Waals surface area contributed by atoms with Crippen LogP contribution < -0.4 is 10.0 Å². The number of nitrogens with one attached hydrogen (secondary N) is 2. The maximum absolute atomic E-state index is 12.7. The SMILES string of the molecule is O=C(CO)Nc1cccc(NS(=O)(=O)c2cccc(C(F)(F)F)c2)c1. The number of halogens is 3. The number of rotatable bonds is 5. The second-order valence-electron chi connectivity index (χ2n) is 4.92. The highest BCUT2D eigenvalue weighted by atomic mass is 32.2. The monoisotopic (exact) mass is 374 g/mol. The lowest BCUT2D eigenvalue weighted by atomic mass is 10.2. The lowest BCUT2D eigenvalue weighted by molar-refractivity contribution is -0.137. The predicted octanol–water partition coefficient (Wildman–Crippen LogP) is 2.44. The van der Waals surface area contributed by atoms with Gasteiger partial charge in [-0.2, -0.15) is 13.2 Å². The van der Waals surface area contributed by atoms with Crippen LogP contribution in [0.1, 0.15) is 5.56 Å². The molecule has 0 radical (unpaired) electrons. The molecule has 6 nitrogen and oxygen atoms in total. The molecule has 0 heterocycles. The Morgan fingerprint density at radius 3 is 2.32 bits per heavy atom. The number of alkyl halides is 3. The molecule has 134 valence electrons. The average molecular weight is 374 g/mol. The summed E-state index contributed by atoms with van der Waals surface area (Å²) in [7, 11) is -4.26. The number of carbonyl (C=O) groups is 1. The first kappa shape index (κ1) is 18.7. The van der Waals surface area contributed by atoms with E-state index in [1.165, 1.54) is 24.3 Å². The van der Waals surface area contributed by atoms with E-state index in [9.17, 15) is 26.4 Å². The Balaban J connectivity index is 2.27.